The van der Waals surface area contributed by atoms with Crippen molar-refractivity contribution in [3.63, 3.8) is 0 Å². The van der Waals surface area contributed by atoms with Gasteiger partial charge in [0.25, 0.3) is 0 Å². The largest absolute Gasteiger partial charge is 0.456 e. The number of aryl methyl sites for hydroxylation is 1. The van der Waals surface area contributed by atoms with Crippen molar-refractivity contribution in [1.82, 2.24) is 0 Å². The molecule has 0 unspecified atom stereocenters. The van der Waals surface area contributed by atoms with Crippen molar-refractivity contribution >= 4 is 15.9 Å². The Kier molecular flexibility index (Phi) is 4.46. The van der Waals surface area contributed by atoms with Gasteiger partial charge in [0, 0.05) is 0 Å². The van der Waals surface area contributed by atoms with E-state index in [1.807, 2.05) is 12.1 Å². The summed E-state index contributed by atoms with van der Waals surface area (Å²) in [7, 11) is 0. The fraction of sp³-hybridized carbons (Fsp3) is 0.235. The molecule has 0 saturated carbocycles. The van der Waals surface area contributed by atoms with E-state index in [0.29, 0.717) is 17.2 Å². The van der Waals surface area contributed by atoms with E-state index in [9.17, 15) is 0 Å². The molecule has 0 bridgehead atoms. The summed E-state index contributed by atoms with van der Waals surface area (Å²) in [5, 5.41) is 8.85. The summed E-state index contributed by atoms with van der Waals surface area (Å²) >= 11 is 3.43. The van der Waals surface area contributed by atoms with Crippen LogP contribution in [0.5, 0.6) is 11.5 Å². The van der Waals surface area contributed by atoms with Crippen LogP contribution in [-0.4, -0.2) is 0 Å². The van der Waals surface area contributed by atoms with Gasteiger partial charge in [-0.25, -0.2) is 0 Å². The molecule has 0 N–H and O–H groups in total. The number of nitrogens with zero attached hydrogens (tertiary/aromatic N) is 1. The average molecular weight is 330 g/mol. The van der Waals surface area contributed by atoms with Crippen LogP contribution in [0.25, 0.3) is 0 Å². The quantitative estimate of drug-likeness (QED) is 0.740. The first-order valence-electron chi connectivity index (χ1n) is 6.49. The molecule has 20 heavy (non-hydrogen) atoms. The first kappa shape index (κ1) is 14.6. The van der Waals surface area contributed by atoms with E-state index in [1.54, 1.807) is 18.2 Å². The summed E-state index contributed by atoms with van der Waals surface area (Å²) in [6.45, 7) is 6.45. The highest BCUT2D eigenvalue weighted by atomic mass is 79.9. The molecule has 0 spiro atoms. The molecule has 2 aromatic rings. The second-order valence-electron chi connectivity index (χ2n) is 5.03. The lowest BCUT2D eigenvalue weighted by Crippen LogP contribution is -1.93. The molecule has 0 fully saturated rings. The second kappa shape index (κ2) is 6.11. The van der Waals surface area contributed by atoms with Gasteiger partial charge in [-0.3, -0.25) is 0 Å². The molecule has 0 saturated heterocycles. The Labute approximate surface area is 128 Å². The van der Waals surface area contributed by atoms with Gasteiger partial charge in [0.2, 0.25) is 0 Å². The standard InChI is InChI=1S/C17H16BrNO/c1-11(2)15-6-5-14(8-12(15)3)20-17-7-4-13(10-19)9-16(17)18/h4-9,11H,1-3H3. The number of ether oxygens (including phenoxy) is 1. The third-order valence-corrected chi connectivity index (χ3v) is 3.77. The van der Waals surface area contributed by atoms with Gasteiger partial charge < -0.3 is 4.74 Å². The zero-order chi connectivity index (χ0) is 14.7. The van der Waals surface area contributed by atoms with Gasteiger partial charge >= 0.3 is 0 Å². The molecule has 2 rings (SSSR count). The minimum atomic E-state index is 0.505. The van der Waals surface area contributed by atoms with Gasteiger partial charge in [0.05, 0.1) is 16.1 Å². The van der Waals surface area contributed by atoms with Crippen molar-refractivity contribution in [2.24, 2.45) is 0 Å². The maximum atomic E-state index is 8.85. The monoisotopic (exact) mass is 329 g/mol. The summed E-state index contributed by atoms with van der Waals surface area (Å²) in [6, 6.07) is 13.5. The number of hydrogen-bond acceptors (Lipinski definition) is 2. The van der Waals surface area contributed by atoms with Crippen LogP contribution in [0, 0.1) is 18.3 Å². The summed E-state index contributed by atoms with van der Waals surface area (Å²) in [5.41, 5.74) is 3.16. The highest BCUT2D eigenvalue weighted by Crippen LogP contribution is 2.32. The number of nitriles is 1. The molecule has 0 aliphatic carbocycles. The highest BCUT2D eigenvalue weighted by molar-refractivity contribution is 9.10. The Morgan fingerprint density at radius 2 is 1.90 bits per heavy atom. The van der Waals surface area contributed by atoms with E-state index in [4.69, 9.17) is 10.00 Å². The Bertz CT molecular complexity index is 671. The Morgan fingerprint density at radius 3 is 2.45 bits per heavy atom. The Hall–Kier alpha value is -1.79. The normalized spacial score (nSPS) is 10.4. The molecule has 0 aromatic heterocycles. The molecule has 3 heteroatoms. The van der Waals surface area contributed by atoms with Gasteiger partial charge in [0.15, 0.2) is 0 Å². The van der Waals surface area contributed by atoms with Crippen LogP contribution in [-0.2, 0) is 0 Å². The lowest BCUT2D eigenvalue weighted by Gasteiger charge is -2.13. The van der Waals surface area contributed by atoms with Crippen LogP contribution in [0.2, 0.25) is 0 Å². The lowest BCUT2D eigenvalue weighted by atomic mass is 9.98. The van der Waals surface area contributed by atoms with Crippen molar-refractivity contribution in [2.75, 3.05) is 0 Å². The maximum absolute atomic E-state index is 8.85. The third-order valence-electron chi connectivity index (χ3n) is 3.15. The third kappa shape index (κ3) is 3.20. The van der Waals surface area contributed by atoms with Crippen LogP contribution < -0.4 is 4.74 Å². The molecule has 2 nitrogen and oxygen atoms in total. The molecular weight excluding hydrogens is 314 g/mol. The number of halogens is 1. The molecule has 0 aliphatic rings. The fourth-order valence-electron chi connectivity index (χ4n) is 2.14. The molecule has 0 atom stereocenters. The van der Waals surface area contributed by atoms with Crippen LogP contribution in [0.1, 0.15) is 36.5 Å². The minimum Gasteiger partial charge on any atom is -0.456 e. The SMILES string of the molecule is Cc1cc(Oc2ccc(C#N)cc2Br)ccc1C(C)C. The van der Waals surface area contributed by atoms with E-state index in [-0.39, 0.29) is 0 Å². The zero-order valence-corrected chi connectivity index (χ0v) is 13.4. The molecule has 0 amide bonds. The Morgan fingerprint density at radius 1 is 1.15 bits per heavy atom. The fourth-order valence-corrected chi connectivity index (χ4v) is 2.60. The van der Waals surface area contributed by atoms with Crippen LogP contribution in [0.15, 0.2) is 40.9 Å². The van der Waals surface area contributed by atoms with E-state index in [0.717, 1.165) is 10.2 Å². The van der Waals surface area contributed by atoms with Crippen molar-refractivity contribution in [2.45, 2.75) is 26.7 Å². The van der Waals surface area contributed by atoms with Gasteiger partial charge in [-0.2, -0.15) is 5.26 Å². The van der Waals surface area contributed by atoms with E-state index < -0.39 is 0 Å². The van der Waals surface area contributed by atoms with Crippen molar-refractivity contribution in [1.29, 1.82) is 5.26 Å². The first-order chi connectivity index (χ1) is 9.51. The van der Waals surface area contributed by atoms with Crippen LogP contribution in [0.3, 0.4) is 0 Å². The summed E-state index contributed by atoms with van der Waals surface area (Å²) in [6.07, 6.45) is 0. The van der Waals surface area contributed by atoms with Gasteiger partial charge in [-0.1, -0.05) is 19.9 Å². The van der Waals surface area contributed by atoms with Crippen molar-refractivity contribution in [3.8, 4) is 17.6 Å². The number of rotatable bonds is 3. The smallest absolute Gasteiger partial charge is 0.141 e. The predicted molar refractivity (Wildman–Crippen MR) is 84.2 cm³/mol. The highest BCUT2D eigenvalue weighted by Gasteiger charge is 2.07. The molecule has 2 aromatic carbocycles. The summed E-state index contributed by atoms with van der Waals surface area (Å²) in [4.78, 5) is 0. The molecular formula is C17H16BrNO. The molecule has 102 valence electrons. The maximum Gasteiger partial charge on any atom is 0.141 e. The lowest BCUT2D eigenvalue weighted by molar-refractivity contribution is 0.479. The van der Waals surface area contributed by atoms with Crippen LogP contribution >= 0.6 is 15.9 Å². The number of benzene rings is 2. The van der Waals surface area contributed by atoms with E-state index in [2.05, 4.69) is 48.8 Å². The average Bonchev–Trinajstić information content (AvgIpc) is 2.40. The number of hydrogen-bond donors (Lipinski definition) is 0. The second-order valence-corrected chi connectivity index (χ2v) is 5.89. The topological polar surface area (TPSA) is 33.0 Å². The predicted octanol–water partition coefficient (Wildman–Crippen LogP) is 5.54. The van der Waals surface area contributed by atoms with Crippen molar-refractivity contribution in [3.05, 3.63) is 57.6 Å². The van der Waals surface area contributed by atoms with Gasteiger partial charge in [-0.05, 0) is 70.2 Å². The molecule has 0 radical (unpaired) electrons. The summed E-state index contributed by atoms with van der Waals surface area (Å²) in [5.74, 6) is 2.02. The van der Waals surface area contributed by atoms with Crippen LogP contribution in [0.4, 0.5) is 0 Å². The zero-order valence-electron chi connectivity index (χ0n) is 11.8. The van der Waals surface area contributed by atoms with Crippen molar-refractivity contribution < 1.29 is 4.74 Å². The summed E-state index contributed by atoms with van der Waals surface area (Å²) < 4.78 is 6.65. The van der Waals surface area contributed by atoms with E-state index >= 15 is 0 Å². The van der Waals surface area contributed by atoms with Gasteiger partial charge in [-0.15, -0.1) is 0 Å². The molecule has 0 aliphatic heterocycles. The molecule has 0 heterocycles. The van der Waals surface area contributed by atoms with Gasteiger partial charge in [0.1, 0.15) is 11.5 Å². The van der Waals surface area contributed by atoms with E-state index in [1.165, 1.54) is 11.1 Å². The Balaban J connectivity index is 2.27. The first-order valence-corrected chi connectivity index (χ1v) is 7.28. The minimum absolute atomic E-state index is 0.505.